The highest BCUT2D eigenvalue weighted by molar-refractivity contribution is 7.13. The van der Waals surface area contributed by atoms with Gasteiger partial charge in [0.2, 0.25) is 0 Å². The second-order valence-corrected chi connectivity index (χ2v) is 9.41. The summed E-state index contributed by atoms with van der Waals surface area (Å²) in [7, 11) is 0. The van der Waals surface area contributed by atoms with Gasteiger partial charge in [-0.05, 0) is 30.5 Å². The van der Waals surface area contributed by atoms with Gasteiger partial charge in [-0.15, -0.1) is 11.3 Å². The number of aromatic nitrogens is 1. The van der Waals surface area contributed by atoms with Crippen LogP contribution in [0.1, 0.15) is 52.3 Å². The van der Waals surface area contributed by atoms with Crippen LogP contribution in [0.4, 0.5) is 0 Å². The molecule has 0 unspecified atom stereocenters. The standard InChI is InChI=1S/C23H34N4OS/c1-5-26-10-12-27(13-11-26)16-20-8-6-19(7-9-20)15-24-23(28)22-18(4)25-21(29-22)14-17(2)3/h6-9,17H,5,10-16H2,1-4H3,(H,24,28). The molecule has 1 amide bonds. The first-order valence-electron chi connectivity index (χ1n) is 10.7. The summed E-state index contributed by atoms with van der Waals surface area (Å²) < 4.78 is 0. The molecule has 0 bridgehead atoms. The Morgan fingerprint density at radius 1 is 1.10 bits per heavy atom. The Morgan fingerprint density at radius 2 is 1.72 bits per heavy atom. The quantitative estimate of drug-likeness (QED) is 0.715. The second-order valence-electron chi connectivity index (χ2n) is 8.33. The van der Waals surface area contributed by atoms with Crippen molar-refractivity contribution >= 4 is 17.2 Å². The number of nitrogens with zero attached hydrogens (tertiary/aromatic N) is 3. The van der Waals surface area contributed by atoms with Crippen molar-refractivity contribution in [3.05, 3.63) is 51.0 Å². The number of nitrogens with one attached hydrogen (secondary N) is 1. The molecule has 2 heterocycles. The van der Waals surface area contributed by atoms with Crippen molar-refractivity contribution in [2.75, 3.05) is 32.7 Å². The van der Waals surface area contributed by atoms with Gasteiger partial charge in [0.25, 0.3) is 5.91 Å². The number of piperazine rings is 1. The molecule has 3 rings (SSSR count). The number of benzene rings is 1. The minimum absolute atomic E-state index is 0.0205. The number of hydrogen-bond donors (Lipinski definition) is 1. The first-order valence-corrected chi connectivity index (χ1v) is 11.5. The third-order valence-electron chi connectivity index (χ3n) is 5.42. The van der Waals surface area contributed by atoms with Gasteiger partial charge in [0, 0.05) is 45.7 Å². The molecule has 1 aliphatic rings. The van der Waals surface area contributed by atoms with Crippen LogP contribution in [-0.2, 0) is 19.5 Å². The van der Waals surface area contributed by atoms with Crippen LogP contribution in [0, 0.1) is 12.8 Å². The first-order chi connectivity index (χ1) is 13.9. The molecule has 29 heavy (non-hydrogen) atoms. The molecule has 1 fully saturated rings. The van der Waals surface area contributed by atoms with Crippen molar-refractivity contribution in [1.82, 2.24) is 20.1 Å². The van der Waals surface area contributed by atoms with Crippen molar-refractivity contribution < 1.29 is 4.79 Å². The highest BCUT2D eigenvalue weighted by Crippen LogP contribution is 2.21. The molecule has 1 aromatic carbocycles. The van der Waals surface area contributed by atoms with Gasteiger partial charge in [0.1, 0.15) is 4.88 Å². The van der Waals surface area contributed by atoms with E-state index in [-0.39, 0.29) is 5.91 Å². The zero-order valence-electron chi connectivity index (χ0n) is 18.2. The Balaban J connectivity index is 1.49. The summed E-state index contributed by atoms with van der Waals surface area (Å²) in [5.41, 5.74) is 3.30. The lowest BCUT2D eigenvalue weighted by Gasteiger charge is -2.34. The minimum Gasteiger partial charge on any atom is -0.347 e. The maximum absolute atomic E-state index is 12.6. The highest BCUT2D eigenvalue weighted by Gasteiger charge is 2.17. The lowest BCUT2D eigenvalue weighted by Crippen LogP contribution is -2.45. The van der Waals surface area contributed by atoms with E-state index in [1.54, 1.807) is 0 Å². The van der Waals surface area contributed by atoms with Gasteiger partial charge in [-0.1, -0.05) is 45.0 Å². The number of carbonyl (C=O) groups excluding carboxylic acids is 1. The molecule has 0 radical (unpaired) electrons. The monoisotopic (exact) mass is 414 g/mol. The van der Waals surface area contributed by atoms with Crippen molar-refractivity contribution in [1.29, 1.82) is 0 Å². The van der Waals surface area contributed by atoms with E-state index in [1.807, 2.05) is 6.92 Å². The fourth-order valence-electron chi connectivity index (χ4n) is 3.65. The molecule has 0 aliphatic carbocycles. The average Bonchev–Trinajstić information content (AvgIpc) is 3.07. The van der Waals surface area contributed by atoms with E-state index >= 15 is 0 Å². The molecular weight excluding hydrogens is 380 g/mol. The van der Waals surface area contributed by atoms with Crippen molar-refractivity contribution in [2.24, 2.45) is 5.92 Å². The maximum Gasteiger partial charge on any atom is 0.263 e. The first kappa shape index (κ1) is 21.9. The fraction of sp³-hybridized carbons (Fsp3) is 0.565. The third kappa shape index (κ3) is 6.36. The average molecular weight is 415 g/mol. The van der Waals surface area contributed by atoms with Crippen molar-refractivity contribution in [2.45, 2.75) is 47.2 Å². The van der Waals surface area contributed by atoms with Gasteiger partial charge >= 0.3 is 0 Å². The maximum atomic E-state index is 12.6. The summed E-state index contributed by atoms with van der Waals surface area (Å²) in [6.45, 7) is 15.8. The van der Waals surface area contributed by atoms with E-state index in [0.29, 0.717) is 12.5 Å². The smallest absolute Gasteiger partial charge is 0.263 e. The molecule has 0 saturated carbocycles. The lowest BCUT2D eigenvalue weighted by atomic mass is 10.1. The number of aryl methyl sites for hydroxylation is 1. The Hall–Kier alpha value is -1.76. The SMILES string of the molecule is CCN1CCN(Cc2ccc(CNC(=O)c3sc(CC(C)C)nc3C)cc2)CC1. The molecule has 0 spiro atoms. The molecule has 1 saturated heterocycles. The van der Waals surface area contributed by atoms with Crippen molar-refractivity contribution in [3.63, 3.8) is 0 Å². The number of likely N-dealkylation sites (N-methyl/N-ethyl adjacent to an activating group) is 1. The predicted octanol–water partition coefficient (Wildman–Crippen LogP) is 3.72. The van der Waals surface area contributed by atoms with E-state index in [2.05, 4.69) is 65.1 Å². The van der Waals surface area contributed by atoms with Crippen LogP contribution in [0.3, 0.4) is 0 Å². The topological polar surface area (TPSA) is 48.5 Å². The molecule has 158 valence electrons. The molecule has 5 nitrogen and oxygen atoms in total. The predicted molar refractivity (Wildman–Crippen MR) is 120 cm³/mol. The van der Waals surface area contributed by atoms with Gasteiger partial charge in [-0.3, -0.25) is 9.69 Å². The molecule has 0 atom stereocenters. The Kier molecular flexibility index (Phi) is 7.81. The second kappa shape index (κ2) is 10.3. The number of amides is 1. The minimum atomic E-state index is -0.0205. The van der Waals surface area contributed by atoms with E-state index in [0.717, 1.165) is 66.8 Å². The highest BCUT2D eigenvalue weighted by atomic mass is 32.1. The van der Waals surface area contributed by atoms with Crippen molar-refractivity contribution in [3.8, 4) is 0 Å². The van der Waals surface area contributed by atoms with Gasteiger partial charge in [0.15, 0.2) is 0 Å². The van der Waals surface area contributed by atoms with Crippen LogP contribution in [0.25, 0.3) is 0 Å². The zero-order chi connectivity index (χ0) is 20.8. The molecule has 2 aromatic rings. The summed E-state index contributed by atoms with van der Waals surface area (Å²) in [5, 5.41) is 4.10. The Labute approximate surface area is 179 Å². The summed E-state index contributed by atoms with van der Waals surface area (Å²) in [5.74, 6) is 0.526. The van der Waals surface area contributed by atoms with Crippen LogP contribution in [0.5, 0.6) is 0 Å². The Bertz CT molecular complexity index is 792. The number of carbonyl (C=O) groups is 1. The van der Waals surface area contributed by atoms with Crippen LogP contribution in [0.2, 0.25) is 0 Å². The summed E-state index contributed by atoms with van der Waals surface area (Å²) in [6.07, 6.45) is 0.924. The van der Waals surface area contributed by atoms with Gasteiger partial charge < -0.3 is 10.2 Å². The van der Waals surface area contributed by atoms with Crippen LogP contribution in [-0.4, -0.2) is 53.4 Å². The van der Waals surface area contributed by atoms with E-state index in [9.17, 15) is 4.79 Å². The Morgan fingerprint density at radius 3 is 2.34 bits per heavy atom. The van der Waals surface area contributed by atoms with E-state index in [4.69, 9.17) is 0 Å². The molecule has 6 heteroatoms. The number of rotatable bonds is 8. The van der Waals surface area contributed by atoms with Crippen LogP contribution in [0.15, 0.2) is 24.3 Å². The molecule has 1 N–H and O–H groups in total. The zero-order valence-corrected chi connectivity index (χ0v) is 19.0. The summed E-state index contributed by atoms with van der Waals surface area (Å²) in [4.78, 5) is 22.9. The van der Waals surface area contributed by atoms with E-state index in [1.165, 1.54) is 16.9 Å². The summed E-state index contributed by atoms with van der Waals surface area (Å²) in [6, 6.07) is 8.63. The van der Waals surface area contributed by atoms with Crippen LogP contribution >= 0.6 is 11.3 Å². The van der Waals surface area contributed by atoms with E-state index < -0.39 is 0 Å². The fourth-order valence-corrected chi connectivity index (χ4v) is 4.84. The van der Waals surface area contributed by atoms with Gasteiger partial charge in [-0.2, -0.15) is 0 Å². The largest absolute Gasteiger partial charge is 0.347 e. The van der Waals surface area contributed by atoms with Gasteiger partial charge in [-0.25, -0.2) is 4.98 Å². The molecular formula is C23H34N4OS. The normalized spacial score (nSPS) is 15.8. The van der Waals surface area contributed by atoms with Crippen LogP contribution < -0.4 is 5.32 Å². The summed E-state index contributed by atoms with van der Waals surface area (Å²) >= 11 is 1.52. The molecule has 1 aromatic heterocycles. The third-order valence-corrected chi connectivity index (χ3v) is 6.60. The lowest BCUT2D eigenvalue weighted by molar-refractivity contribution is 0.0954. The molecule has 1 aliphatic heterocycles. The number of thiazole rings is 1. The number of hydrogen-bond acceptors (Lipinski definition) is 5. The van der Waals surface area contributed by atoms with Gasteiger partial charge in [0.05, 0.1) is 10.7 Å².